The molecule has 0 saturated heterocycles. The zero-order valence-electron chi connectivity index (χ0n) is 59.9. The van der Waals surface area contributed by atoms with Crippen molar-refractivity contribution >= 4 is 19.7 Å². The highest BCUT2D eigenvalue weighted by atomic mass is 31.2. The molecule has 522 valence electrons. The number of hydrogen-bond donors (Lipinski definition) is 2. The summed E-state index contributed by atoms with van der Waals surface area (Å²) in [5, 5.41) is 3.08. The molecule has 0 aromatic heterocycles. The Hall–Kier alpha value is -2.29. The van der Waals surface area contributed by atoms with E-state index in [1.807, 2.05) is 33.3 Å². The standard InChI is InChI=1S/C79H149N2O7P/c1-7-10-13-16-19-22-25-27-29-31-33-35-37-39-40-42-43-45-47-49-51-53-56-59-62-65-68-71-78(82)80-76(75-87-89(84,85)86-74-73-81(4,5)6)77(70-67-64-61-58-55-24-21-18-15-12-9-3)88-79(83)72-69-66-63-60-57-54-52-50-48-46-44-41-38-36-34-32-30-28-26-23-20-17-14-11-8-2/h20,23,28,30,34,36,41,44,67,70,76-77H,7-19,21-22,24-27,29,31-33,35,37-40,42-43,45-66,68-69,71-75H2,1-6H3,(H-,80,82,84,85)/p+1/b23-20-,30-28-,36-34-,44-41-,70-67+. The lowest BCUT2D eigenvalue weighted by atomic mass is 10.0. The second-order valence-electron chi connectivity index (χ2n) is 27.5. The Bertz CT molecular complexity index is 1700. The van der Waals surface area contributed by atoms with E-state index in [9.17, 15) is 19.0 Å². The maximum Gasteiger partial charge on any atom is 0.472 e. The van der Waals surface area contributed by atoms with Crippen LogP contribution in [0.25, 0.3) is 0 Å². The first-order chi connectivity index (χ1) is 43.4. The number of quaternary nitrogens is 1. The number of esters is 1. The Labute approximate surface area is 553 Å². The summed E-state index contributed by atoms with van der Waals surface area (Å²) in [6.07, 6.45) is 89.7. The molecule has 0 spiro atoms. The fourth-order valence-electron chi connectivity index (χ4n) is 11.5. The Morgan fingerprint density at radius 1 is 0.393 bits per heavy atom. The van der Waals surface area contributed by atoms with Crippen molar-refractivity contribution in [1.29, 1.82) is 0 Å². The molecule has 9 nitrogen and oxygen atoms in total. The normalized spacial score (nSPS) is 13.7. The summed E-state index contributed by atoms with van der Waals surface area (Å²) < 4.78 is 30.9. The molecule has 89 heavy (non-hydrogen) atoms. The quantitative estimate of drug-likeness (QED) is 0.0205. The highest BCUT2D eigenvalue weighted by molar-refractivity contribution is 7.47. The summed E-state index contributed by atoms with van der Waals surface area (Å²) in [4.78, 5) is 38.0. The van der Waals surface area contributed by atoms with Gasteiger partial charge in [-0.2, -0.15) is 0 Å². The molecule has 0 fully saturated rings. The van der Waals surface area contributed by atoms with Crippen LogP contribution < -0.4 is 5.32 Å². The second kappa shape index (κ2) is 68.6. The van der Waals surface area contributed by atoms with E-state index in [1.54, 1.807) is 0 Å². The van der Waals surface area contributed by atoms with Crippen molar-refractivity contribution in [2.75, 3.05) is 40.9 Å². The third-order valence-electron chi connectivity index (χ3n) is 17.5. The number of phosphoric acid groups is 1. The summed E-state index contributed by atoms with van der Waals surface area (Å²) in [5.41, 5.74) is 0. The predicted molar refractivity (Wildman–Crippen MR) is 388 cm³/mol. The van der Waals surface area contributed by atoms with E-state index in [-0.39, 0.29) is 31.5 Å². The zero-order chi connectivity index (χ0) is 64.9. The predicted octanol–water partition coefficient (Wildman–Crippen LogP) is 24.9. The summed E-state index contributed by atoms with van der Waals surface area (Å²) in [5.74, 6) is -0.495. The van der Waals surface area contributed by atoms with Gasteiger partial charge in [0.1, 0.15) is 19.3 Å². The molecular formula is C79H150N2O7P+. The van der Waals surface area contributed by atoms with E-state index < -0.39 is 20.0 Å². The number of phosphoric ester groups is 1. The average molecular weight is 1270 g/mol. The summed E-state index contributed by atoms with van der Waals surface area (Å²) in [7, 11) is 1.51. The maximum atomic E-state index is 13.6. The number of hydrogen-bond acceptors (Lipinski definition) is 6. The van der Waals surface area contributed by atoms with Gasteiger partial charge in [-0.05, 0) is 76.7 Å². The molecule has 0 radical (unpaired) electrons. The molecule has 1 amide bonds. The molecule has 0 aromatic carbocycles. The molecule has 10 heteroatoms. The van der Waals surface area contributed by atoms with E-state index >= 15 is 0 Å². The van der Waals surface area contributed by atoms with Crippen LogP contribution in [0.15, 0.2) is 60.8 Å². The zero-order valence-corrected chi connectivity index (χ0v) is 60.8. The van der Waals surface area contributed by atoms with Gasteiger partial charge in [0.25, 0.3) is 0 Å². The summed E-state index contributed by atoms with van der Waals surface area (Å²) in [6, 6.07) is -0.851. The van der Waals surface area contributed by atoms with Crippen LogP contribution in [-0.2, 0) is 27.9 Å². The first-order valence-electron chi connectivity index (χ1n) is 38.6. The van der Waals surface area contributed by atoms with Gasteiger partial charge in [0.05, 0.1) is 33.8 Å². The number of likely N-dealkylation sites (N-methyl/N-ethyl adjacent to an activating group) is 1. The first kappa shape index (κ1) is 86.7. The Morgan fingerprint density at radius 3 is 1.04 bits per heavy atom. The Morgan fingerprint density at radius 2 is 0.685 bits per heavy atom. The van der Waals surface area contributed by atoms with Crippen LogP contribution >= 0.6 is 7.82 Å². The average Bonchev–Trinajstić information content (AvgIpc) is 3.64. The lowest BCUT2D eigenvalue weighted by Crippen LogP contribution is -2.47. The lowest BCUT2D eigenvalue weighted by molar-refractivity contribution is -0.870. The van der Waals surface area contributed by atoms with Gasteiger partial charge in [0.2, 0.25) is 5.91 Å². The number of carbonyl (C=O) groups excluding carboxylic acids is 2. The SMILES string of the molecule is CCCCC/C=C\C/C=C\C/C=C\C/C=C\CCCCCCCCCCCC(=O)OC(/C=C/CCCCCCCCCCC)C(COP(=O)(O)OCC[N+](C)(C)C)NC(=O)CCCCCCCCCCCCCCCCCCCCCCCCCCCCC. The molecule has 0 bridgehead atoms. The van der Waals surface area contributed by atoms with Gasteiger partial charge in [-0.25, -0.2) is 4.57 Å². The largest absolute Gasteiger partial charge is 0.472 e. The van der Waals surface area contributed by atoms with Gasteiger partial charge < -0.3 is 19.4 Å². The van der Waals surface area contributed by atoms with Crippen LogP contribution in [-0.4, -0.2) is 74.3 Å². The minimum absolute atomic E-state index is 0.0400. The summed E-state index contributed by atoms with van der Waals surface area (Å²) in [6.45, 7) is 7.03. The van der Waals surface area contributed by atoms with Crippen LogP contribution in [0.5, 0.6) is 0 Å². The summed E-state index contributed by atoms with van der Waals surface area (Å²) >= 11 is 0. The molecule has 2 N–H and O–H groups in total. The molecule has 0 aromatic rings. The van der Waals surface area contributed by atoms with E-state index in [0.717, 1.165) is 83.5 Å². The molecule has 0 aliphatic heterocycles. The highest BCUT2D eigenvalue weighted by Gasteiger charge is 2.30. The van der Waals surface area contributed by atoms with Crippen LogP contribution in [0.3, 0.4) is 0 Å². The van der Waals surface area contributed by atoms with E-state index in [1.165, 1.54) is 263 Å². The molecular weight excluding hydrogens is 1120 g/mol. The van der Waals surface area contributed by atoms with Crippen molar-refractivity contribution < 1.29 is 37.3 Å². The Kier molecular flexibility index (Phi) is 66.8. The van der Waals surface area contributed by atoms with Gasteiger partial charge in [0.15, 0.2) is 0 Å². The van der Waals surface area contributed by atoms with Crippen LogP contribution in [0, 0.1) is 0 Å². The molecule has 3 atom stereocenters. The molecule has 0 heterocycles. The van der Waals surface area contributed by atoms with Gasteiger partial charge in [0, 0.05) is 12.8 Å². The topological polar surface area (TPSA) is 111 Å². The minimum Gasteiger partial charge on any atom is -0.456 e. The molecule has 0 rings (SSSR count). The number of amides is 1. The number of nitrogens with one attached hydrogen (secondary N) is 1. The van der Waals surface area contributed by atoms with Crippen molar-refractivity contribution in [3.05, 3.63) is 60.8 Å². The fraction of sp³-hybridized carbons (Fsp3) is 0.848. The number of ether oxygens (including phenoxy) is 1. The third-order valence-corrected chi connectivity index (χ3v) is 18.4. The van der Waals surface area contributed by atoms with Crippen molar-refractivity contribution in [3.63, 3.8) is 0 Å². The smallest absolute Gasteiger partial charge is 0.456 e. The van der Waals surface area contributed by atoms with Crippen LogP contribution in [0.4, 0.5) is 0 Å². The van der Waals surface area contributed by atoms with Gasteiger partial charge >= 0.3 is 13.8 Å². The number of allylic oxidation sites excluding steroid dienone is 9. The van der Waals surface area contributed by atoms with Crippen molar-refractivity contribution in [3.8, 4) is 0 Å². The van der Waals surface area contributed by atoms with Crippen LogP contribution in [0.1, 0.15) is 380 Å². The maximum absolute atomic E-state index is 13.6. The van der Waals surface area contributed by atoms with Crippen molar-refractivity contribution in [1.82, 2.24) is 5.32 Å². The lowest BCUT2D eigenvalue weighted by Gasteiger charge is -2.27. The first-order valence-corrected chi connectivity index (χ1v) is 40.1. The number of nitrogens with zero attached hydrogens (tertiary/aromatic N) is 1. The molecule has 0 aliphatic carbocycles. The van der Waals surface area contributed by atoms with Gasteiger partial charge in [-0.15, -0.1) is 0 Å². The van der Waals surface area contributed by atoms with Gasteiger partial charge in [-0.3, -0.25) is 18.6 Å². The van der Waals surface area contributed by atoms with E-state index in [4.69, 9.17) is 13.8 Å². The van der Waals surface area contributed by atoms with Gasteiger partial charge in [-0.1, -0.05) is 352 Å². The monoisotopic (exact) mass is 1270 g/mol. The molecule has 0 aliphatic rings. The molecule has 3 unspecified atom stereocenters. The number of unbranched alkanes of at least 4 members (excludes halogenated alkanes) is 47. The van der Waals surface area contributed by atoms with E-state index in [2.05, 4.69) is 74.7 Å². The number of rotatable bonds is 71. The second-order valence-corrected chi connectivity index (χ2v) is 29.0. The van der Waals surface area contributed by atoms with Crippen LogP contribution in [0.2, 0.25) is 0 Å². The minimum atomic E-state index is -4.46. The third kappa shape index (κ3) is 69.9. The van der Waals surface area contributed by atoms with Crippen molar-refractivity contribution in [2.24, 2.45) is 0 Å². The molecule has 0 saturated carbocycles. The highest BCUT2D eigenvalue weighted by Crippen LogP contribution is 2.43. The fourth-order valence-corrected chi connectivity index (χ4v) is 12.3. The van der Waals surface area contributed by atoms with E-state index in [0.29, 0.717) is 17.4 Å². The van der Waals surface area contributed by atoms with Crippen molar-refractivity contribution in [2.45, 2.75) is 392 Å². The number of carbonyl (C=O) groups is 2. The Balaban J connectivity index is 4.91.